The van der Waals surface area contributed by atoms with E-state index >= 15 is 0 Å². The highest BCUT2D eigenvalue weighted by molar-refractivity contribution is 5.93. The Balaban J connectivity index is 1.75. The number of carbonyl (C=O) groups excluding carboxylic acids is 1. The van der Waals surface area contributed by atoms with Crippen molar-refractivity contribution >= 4 is 17.4 Å². The van der Waals surface area contributed by atoms with E-state index in [1.54, 1.807) is 37.6 Å². The van der Waals surface area contributed by atoms with Gasteiger partial charge in [0.25, 0.3) is 11.6 Å². The standard InChI is InChI=1S/C21H19N3O5/c1-28-18-10-8-16(9-11-18)14-23(20-7-2-3-12-22-20)21(25)15-29-19-6-4-5-17(13-19)24(26)27/h2-13H,14-15H2,1H3. The van der Waals surface area contributed by atoms with Crippen molar-refractivity contribution in [3.63, 3.8) is 0 Å². The third-order valence-electron chi connectivity index (χ3n) is 4.12. The van der Waals surface area contributed by atoms with Gasteiger partial charge in [-0.3, -0.25) is 19.8 Å². The summed E-state index contributed by atoms with van der Waals surface area (Å²) in [7, 11) is 1.59. The molecular weight excluding hydrogens is 374 g/mol. The number of ether oxygens (including phenoxy) is 2. The smallest absolute Gasteiger partial charge is 0.273 e. The van der Waals surface area contributed by atoms with Crippen molar-refractivity contribution in [2.45, 2.75) is 6.54 Å². The monoisotopic (exact) mass is 393 g/mol. The van der Waals surface area contributed by atoms with Crippen LogP contribution in [0.5, 0.6) is 11.5 Å². The highest BCUT2D eigenvalue weighted by Gasteiger charge is 2.18. The molecule has 2 aromatic carbocycles. The number of nitro benzene ring substituents is 1. The van der Waals surface area contributed by atoms with Crippen LogP contribution in [-0.2, 0) is 11.3 Å². The van der Waals surface area contributed by atoms with E-state index in [2.05, 4.69) is 4.98 Å². The Morgan fingerprint density at radius 1 is 1.07 bits per heavy atom. The van der Waals surface area contributed by atoms with Crippen LogP contribution in [0.4, 0.5) is 11.5 Å². The fraction of sp³-hybridized carbons (Fsp3) is 0.143. The topological polar surface area (TPSA) is 94.8 Å². The lowest BCUT2D eigenvalue weighted by Gasteiger charge is -2.22. The van der Waals surface area contributed by atoms with Crippen LogP contribution in [0.25, 0.3) is 0 Å². The zero-order chi connectivity index (χ0) is 20.6. The molecule has 0 bridgehead atoms. The quantitative estimate of drug-likeness (QED) is 0.429. The molecule has 8 heteroatoms. The Hall–Kier alpha value is -3.94. The largest absolute Gasteiger partial charge is 0.497 e. The molecule has 0 aliphatic carbocycles. The Labute approximate surface area is 167 Å². The molecule has 29 heavy (non-hydrogen) atoms. The lowest BCUT2D eigenvalue weighted by atomic mass is 10.2. The first kappa shape index (κ1) is 19.8. The predicted octanol–water partition coefficient (Wildman–Crippen LogP) is 3.61. The number of benzene rings is 2. The molecule has 148 valence electrons. The first-order valence-electron chi connectivity index (χ1n) is 8.78. The van der Waals surface area contributed by atoms with Crippen LogP contribution >= 0.6 is 0 Å². The van der Waals surface area contributed by atoms with Crippen molar-refractivity contribution in [3.8, 4) is 11.5 Å². The summed E-state index contributed by atoms with van der Waals surface area (Å²) in [4.78, 5) is 29.0. The molecule has 0 atom stereocenters. The molecule has 0 N–H and O–H groups in total. The average Bonchev–Trinajstić information content (AvgIpc) is 2.77. The highest BCUT2D eigenvalue weighted by Crippen LogP contribution is 2.20. The summed E-state index contributed by atoms with van der Waals surface area (Å²) in [6.07, 6.45) is 1.60. The lowest BCUT2D eigenvalue weighted by molar-refractivity contribution is -0.384. The van der Waals surface area contributed by atoms with E-state index in [0.29, 0.717) is 5.82 Å². The van der Waals surface area contributed by atoms with Gasteiger partial charge in [-0.2, -0.15) is 0 Å². The van der Waals surface area contributed by atoms with E-state index in [9.17, 15) is 14.9 Å². The second-order valence-electron chi connectivity index (χ2n) is 6.06. The third kappa shape index (κ3) is 5.29. The molecule has 1 aromatic heterocycles. The summed E-state index contributed by atoms with van der Waals surface area (Å²) in [5, 5.41) is 10.9. The second kappa shape index (κ2) is 9.32. The van der Waals surface area contributed by atoms with Gasteiger partial charge in [-0.15, -0.1) is 0 Å². The number of rotatable bonds is 8. The van der Waals surface area contributed by atoms with E-state index in [-0.39, 0.29) is 30.5 Å². The Bertz CT molecular complexity index is 977. The van der Waals surface area contributed by atoms with Crippen LogP contribution in [0.15, 0.2) is 72.9 Å². The van der Waals surface area contributed by atoms with E-state index in [0.717, 1.165) is 11.3 Å². The molecule has 0 aliphatic heterocycles. The molecule has 8 nitrogen and oxygen atoms in total. The molecule has 0 saturated heterocycles. The van der Waals surface area contributed by atoms with Crippen LogP contribution in [-0.4, -0.2) is 29.5 Å². The molecule has 0 aliphatic rings. The van der Waals surface area contributed by atoms with E-state index in [1.807, 2.05) is 24.3 Å². The van der Waals surface area contributed by atoms with Gasteiger partial charge in [0.15, 0.2) is 6.61 Å². The van der Waals surface area contributed by atoms with Crippen LogP contribution < -0.4 is 14.4 Å². The number of carbonyl (C=O) groups is 1. The van der Waals surface area contributed by atoms with Crippen molar-refractivity contribution in [3.05, 3.63) is 88.6 Å². The minimum absolute atomic E-state index is 0.102. The maximum Gasteiger partial charge on any atom is 0.273 e. The maximum absolute atomic E-state index is 12.9. The molecule has 0 saturated carbocycles. The molecular formula is C21H19N3O5. The van der Waals surface area contributed by atoms with E-state index < -0.39 is 4.92 Å². The zero-order valence-electron chi connectivity index (χ0n) is 15.7. The second-order valence-corrected chi connectivity index (χ2v) is 6.06. The summed E-state index contributed by atoms with van der Waals surface area (Å²) in [5.74, 6) is 1.12. The first-order valence-corrected chi connectivity index (χ1v) is 8.78. The molecule has 0 radical (unpaired) electrons. The number of pyridine rings is 1. The lowest BCUT2D eigenvalue weighted by Crippen LogP contribution is -2.35. The Morgan fingerprint density at radius 2 is 1.86 bits per heavy atom. The molecule has 3 aromatic rings. The summed E-state index contributed by atoms with van der Waals surface area (Å²) >= 11 is 0. The van der Waals surface area contributed by atoms with Crippen molar-refractivity contribution in [1.82, 2.24) is 4.98 Å². The third-order valence-corrected chi connectivity index (χ3v) is 4.12. The van der Waals surface area contributed by atoms with Crippen LogP contribution in [0.1, 0.15) is 5.56 Å². The normalized spacial score (nSPS) is 10.2. The fourth-order valence-electron chi connectivity index (χ4n) is 2.63. The van der Waals surface area contributed by atoms with Gasteiger partial charge in [0.05, 0.1) is 24.6 Å². The van der Waals surface area contributed by atoms with E-state index in [1.165, 1.54) is 23.1 Å². The fourth-order valence-corrected chi connectivity index (χ4v) is 2.63. The van der Waals surface area contributed by atoms with Gasteiger partial charge in [-0.1, -0.05) is 24.3 Å². The van der Waals surface area contributed by atoms with Crippen LogP contribution in [0, 0.1) is 10.1 Å². The van der Waals surface area contributed by atoms with Gasteiger partial charge >= 0.3 is 0 Å². The predicted molar refractivity (Wildman–Crippen MR) is 107 cm³/mol. The summed E-state index contributed by atoms with van der Waals surface area (Å²) in [6.45, 7) is 0.00599. The molecule has 0 spiro atoms. The summed E-state index contributed by atoms with van der Waals surface area (Å²) < 4.78 is 10.7. The van der Waals surface area contributed by atoms with Crippen molar-refractivity contribution in [1.29, 1.82) is 0 Å². The number of aromatic nitrogens is 1. The van der Waals surface area contributed by atoms with Crippen LogP contribution in [0.2, 0.25) is 0 Å². The van der Waals surface area contributed by atoms with Crippen molar-refractivity contribution in [2.24, 2.45) is 0 Å². The molecule has 3 rings (SSSR count). The zero-order valence-corrected chi connectivity index (χ0v) is 15.7. The minimum atomic E-state index is -0.515. The number of hydrogen-bond acceptors (Lipinski definition) is 6. The van der Waals surface area contributed by atoms with Gasteiger partial charge in [-0.05, 0) is 35.9 Å². The Morgan fingerprint density at radius 3 is 2.52 bits per heavy atom. The number of hydrogen-bond donors (Lipinski definition) is 0. The summed E-state index contributed by atoms with van der Waals surface area (Å²) in [5.41, 5.74) is 0.787. The van der Waals surface area contributed by atoms with E-state index in [4.69, 9.17) is 9.47 Å². The first-order chi connectivity index (χ1) is 14.1. The van der Waals surface area contributed by atoms with Gasteiger partial charge in [0.2, 0.25) is 0 Å². The molecule has 0 unspecified atom stereocenters. The number of anilines is 1. The highest BCUT2D eigenvalue weighted by atomic mass is 16.6. The van der Waals surface area contributed by atoms with Crippen molar-refractivity contribution in [2.75, 3.05) is 18.6 Å². The van der Waals surface area contributed by atoms with Gasteiger partial charge in [0, 0.05) is 12.3 Å². The van der Waals surface area contributed by atoms with Crippen LogP contribution in [0.3, 0.4) is 0 Å². The van der Waals surface area contributed by atoms with Gasteiger partial charge < -0.3 is 9.47 Å². The molecule has 0 fully saturated rings. The SMILES string of the molecule is COc1ccc(CN(C(=O)COc2cccc([N+](=O)[O-])c2)c2ccccn2)cc1. The number of nitrogens with zero attached hydrogens (tertiary/aromatic N) is 3. The number of non-ortho nitro benzene ring substituents is 1. The summed E-state index contributed by atoms with van der Waals surface area (Å²) in [6, 6.07) is 18.4. The number of methoxy groups -OCH3 is 1. The Kier molecular flexibility index (Phi) is 6.36. The molecule has 1 amide bonds. The van der Waals surface area contributed by atoms with Gasteiger partial charge in [0.1, 0.15) is 17.3 Å². The molecule has 1 heterocycles. The van der Waals surface area contributed by atoms with Gasteiger partial charge in [-0.25, -0.2) is 4.98 Å². The number of nitro groups is 1. The average molecular weight is 393 g/mol. The van der Waals surface area contributed by atoms with Crippen molar-refractivity contribution < 1.29 is 19.2 Å². The minimum Gasteiger partial charge on any atom is -0.497 e. The maximum atomic E-state index is 12.9. The number of amides is 1.